The summed E-state index contributed by atoms with van der Waals surface area (Å²) in [6.45, 7) is 5.96. The maximum atomic E-state index is 13.6. The summed E-state index contributed by atoms with van der Waals surface area (Å²) in [5.74, 6) is -0.564. The van der Waals surface area contributed by atoms with E-state index < -0.39 is 40.6 Å². The number of benzene rings is 2. The molecule has 0 saturated carbocycles. The molecule has 2 heterocycles. The van der Waals surface area contributed by atoms with E-state index in [0.29, 0.717) is 27.3 Å². The minimum absolute atomic E-state index is 0.0519. The molecule has 0 radical (unpaired) electrons. The van der Waals surface area contributed by atoms with Gasteiger partial charge in [-0.3, -0.25) is 4.79 Å². The molecule has 218 valence electrons. The van der Waals surface area contributed by atoms with Gasteiger partial charge in [-0.15, -0.1) is 0 Å². The molecule has 0 aliphatic rings. The van der Waals surface area contributed by atoms with Gasteiger partial charge in [-0.2, -0.15) is 13.2 Å². The number of rotatable bonds is 8. The van der Waals surface area contributed by atoms with Crippen molar-refractivity contribution in [1.82, 2.24) is 15.0 Å². The van der Waals surface area contributed by atoms with Crippen LogP contribution in [0, 0.1) is 19.3 Å². The molecule has 0 atom stereocenters. The highest BCUT2D eigenvalue weighted by molar-refractivity contribution is 7.92. The summed E-state index contributed by atoms with van der Waals surface area (Å²) in [6, 6.07) is 10.8. The highest BCUT2D eigenvalue weighted by atomic mass is 32.2. The third-order valence-corrected chi connectivity index (χ3v) is 7.68. The predicted molar refractivity (Wildman–Crippen MR) is 145 cm³/mol. The van der Waals surface area contributed by atoms with E-state index in [2.05, 4.69) is 14.9 Å². The van der Waals surface area contributed by atoms with Crippen molar-refractivity contribution < 1.29 is 35.3 Å². The van der Waals surface area contributed by atoms with Crippen LogP contribution in [0.5, 0.6) is 0 Å². The standard InChI is InChI=1S/C28H29F3N4O5S/c1-17-18(2)33-40-24(17)34-41(37,38)23-9-7-6-8-22(23)21-11-10-19(25-32-12-13-39-25)14-20(21)15-35(16-28(29,30)31)26(36)27(3,4)5/h6-14,34H,15-16H2,1-5H3. The van der Waals surface area contributed by atoms with Gasteiger partial charge in [0.15, 0.2) is 0 Å². The molecule has 13 heteroatoms. The summed E-state index contributed by atoms with van der Waals surface area (Å²) in [6.07, 6.45) is -1.90. The Morgan fingerprint density at radius 2 is 1.76 bits per heavy atom. The van der Waals surface area contributed by atoms with Gasteiger partial charge in [0.2, 0.25) is 17.7 Å². The fourth-order valence-corrected chi connectivity index (χ4v) is 5.46. The molecular formula is C28H29F3N4O5S. The zero-order chi connectivity index (χ0) is 30.2. The minimum Gasteiger partial charge on any atom is -0.445 e. The maximum Gasteiger partial charge on any atom is 0.406 e. The Bertz CT molecular complexity index is 1660. The minimum atomic E-state index is -4.67. The molecule has 0 saturated heterocycles. The maximum absolute atomic E-state index is 13.6. The third-order valence-electron chi connectivity index (χ3n) is 6.30. The molecule has 2 aromatic carbocycles. The van der Waals surface area contributed by atoms with Crippen molar-refractivity contribution in [3.63, 3.8) is 0 Å². The van der Waals surface area contributed by atoms with Crippen LogP contribution in [0.4, 0.5) is 19.1 Å². The smallest absolute Gasteiger partial charge is 0.406 e. The van der Waals surface area contributed by atoms with Crippen molar-refractivity contribution in [2.24, 2.45) is 5.41 Å². The van der Waals surface area contributed by atoms with E-state index >= 15 is 0 Å². The molecule has 0 aliphatic carbocycles. The summed E-state index contributed by atoms with van der Waals surface area (Å²) in [5.41, 5.74) is 1.12. The Labute approximate surface area is 235 Å². The predicted octanol–water partition coefficient (Wildman–Crippen LogP) is 6.35. The fourth-order valence-electron chi connectivity index (χ4n) is 4.19. The van der Waals surface area contributed by atoms with Crippen LogP contribution in [0.1, 0.15) is 37.6 Å². The van der Waals surface area contributed by atoms with Crippen molar-refractivity contribution in [3.8, 4) is 22.6 Å². The molecule has 4 rings (SSSR count). The largest absolute Gasteiger partial charge is 0.445 e. The molecule has 0 unspecified atom stereocenters. The number of amides is 1. The van der Waals surface area contributed by atoms with Crippen LogP contribution >= 0.6 is 0 Å². The Balaban J connectivity index is 1.87. The van der Waals surface area contributed by atoms with Gasteiger partial charge >= 0.3 is 6.18 Å². The quantitative estimate of drug-likeness (QED) is 0.254. The van der Waals surface area contributed by atoms with Crippen molar-refractivity contribution in [3.05, 3.63) is 71.7 Å². The number of alkyl halides is 3. The average molecular weight is 591 g/mol. The van der Waals surface area contributed by atoms with Crippen LogP contribution in [0.2, 0.25) is 0 Å². The zero-order valence-electron chi connectivity index (χ0n) is 23.0. The number of oxazole rings is 1. The van der Waals surface area contributed by atoms with Gasteiger partial charge in [-0.1, -0.05) is 50.2 Å². The fraction of sp³-hybridized carbons (Fsp3) is 0.321. The number of sulfonamides is 1. The molecule has 4 aromatic rings. The number of aryl methyl sites for hydroxylation is 1. The summed E-state index contributed by atoms with van der Waals surface area (Å²) in [4.78, 5) is 17.8. The first-order valence-corrected chi connectivity index (χ1v) is 14.0. The second-order valence-corrected chi connectivity index (χ2v) is 12.2. The molecule has 0 fully saturated rings. The lowest BCUT2D eigenvalue weighted by atomic mass is 9.93. The number of nitrogens with zero attached hydrogens (tertiary/aromatic N) is 3. The Hall–Kier alpha value is -4.13. The number of nitrogens with one attached hydrogen (secondary N) is 1. The van der Waals surface area contributed by atoms with E-state index in [9.17, 15) is 26.4 Å². The van der Waals surface area contributed by atoms with Crippen molar-refractivity contribution >= 4 is 21.8 Å². The van der Waals surface area contributed by atoms with E-state index in [-0.39, 0.29) is 27.8 Å². The van der Waals surface area contributed by atoms with Crippen molar-refractivity contribution in [2.75, 3.05) is 11.3 Å². The lowest BCUT2D eigenvalue weighted by molar-refractivity contribution is -0.167. The topological polar surface area (TPSA) is 119 Å². The van der Waals surface area contributed by atoms with E-state index in [1.165, 1.54) is 51.4 Å². The highest BCUT2D eigenvalue weighted by Crippen LogP contribution is 2.36. The monoisotopic (exact) mass is 590 g/mol. The van der Waals surface area contributed by atoms with E-state index in [1.54, 1.807) is 38.1 Å². The van der Waals surface area contributed by atoms with Gasteiger partial charge in [0.1, 0.15) is 12.8 Å². The van der Waals surface area contributed by atoms with Crippen LogP contribution in [-0.4, -0.2) is 42.1 Å². The van der Waals surface area contributed by atoms with Gasteiger partial charge in [0.05, 0.1) is 16.8 Å². The number of hydrogen-bond acceptors (Lipinski definition) is 7. The Morgan fingerprint density at radius 3 is 2.34 bits per heavy atom. The van der Waals surface area contributed by atoms with Crippen molar-refractivity contribution in [1.29, 1.82) is 0 Å². The van der Waals surface area contributed by atoms with Gasteiger partial charge in [-0.25, -0.2) is 18.1 Å². The Kier molecular flexibility index (Phi) is 8.03. The normalized spacial score (nSPS) is 12.4. The Morgan fingerprint density at radius 1 is 1.05 bits per heavy atom. The molecule has 41 heavy (non-hydrogen) atoms. The molecule has 1 amide bonds. The number of carbonyl (C=O) groups is 1. The number of hydrogen-bond donors (Lipinski definition) is 1. The van der Waals surface area contributed by atoms with E-state index in [1.807, 2.05) is 0 Å². The molecule has 0 bridgehead atoms. The average Bonchev–Trinajstić information content (AvgIpc) is 3.53. The van der Waals surface area contributed by atoms with Crippen LogP contribution in [0.3, 0.4) is 0 Å². The first-order chi connectivity index (χ1) is 19.1. The summed E-state index contributed by atoms with van der Waals surface area (Å²) in [7, 11) is -4.24. The van der Waals surface area contributed by atoms with Crippen molar-refractivity contribution in [2.45, 2.75) is 52.2 Å². The van der Waals surface area contributed by atoms with Crippen LogP contribution in [-0.2, 0) is 21.4 Å². The van der Waals surface area contributed by atoms with Gasteiger partial charge in [0.25, 0.3) is 10.0 Å². The van der Waals surface area contributed by atoms with Gasteiger partial charge in [-0.05, 0) is 43.2 Å². The lowest BCUT2D eigenvalue weighted by Gasteiger charge is -2.31. The number of anilines is 1. The number of aromatic nitrogens is 2. The molecule has 2 aromatic heterocycles. The molecule has 0 spiro atoms. The van der Waals surface area contributed by atoms with Crippen LogP contribution in [0.25, 0.3) is 22.6 Å². The molecular weight excluding hydrogens is 561 g/mol. The lowest BCUT2D eigenvalue weighted by Crippen LogP contribution is -2.44. The van der Waals surface area contributed by atoms with Crippen LogP contribution in [0.15, 0.2) is 68.8 Å². The summed E-state index contributed by atoms with van der Waals surface area (Å²) in [5, 5.41) is 3.77. The first-order valence-electron chi connectivity index (χ1n) is 12.5. The van der Waals surface area contributed by atoms with E-state index in [0.717, 1.165) is 0 Å². The zero-order valence-corrected chi connectivity index (χ0v) is 23.9. The highest BCUT2D eigenvalue weighted by Gasteiger charge is 2.37. The second-order valence-electron chi connectivity index (χ2n) is 10.6. The summed E-state index contributed by atoms with van der Waals surface area (Å²) >= 11 is 0. The van der Waals surface area contributed by atoms with E-state index in [4.69, 9.17) is 8.94 Å². The first kappa shape index (κ1) is 29.8. The van der Waals surface area contributed by atoms with Crippen LogP contribution < -0.4 is 4.72 Å². The molecule has 1 N–H and O–H groups in total. The second kappa shape index (κ2) is 11.0. The molecule has 0 aliphatic heterocycles. The third kappa shape index (κ3) is 6.79. The molecule has 9 nitrogen and oxygen atoms in total. The van der Waals surface area contributed by atoms with Gasteiger partial charge in [0, 0.05) is 28.7 Å². The van der Waals surface area contributed by atoms with Gasteiger partial charge < -0.3 is 13.8 Å². The summed E-state index contributed by atoms with van der Waals surface area (Å²) < 4.78 is 80.8. The number of carbonyl (C=O) groups excluding carboxylic acids is 1. The SMILES string of the molecule is Cc1noc(NS(=O)(=O)c2ccccc2-c2ccc(-c3ncco3)cc2CN(CC(F)(F)F)C(=O)C(C)(C)C)c1C. The number of halogens is 3.